The van der Waals surface area contributed by atoms with E-state index in [4.69, 9.17) is 28.4 Å². The maximum Gasteiger partial charge on any atom is 0.410 e. The number of amides is 1. The minimum absolute atomic E-state index is 0.0595. The van der Waals surface area contributed by atoms with Gasteiger partial charge in [0, 0.05) is 55.9 Å². The van der Waals surface area contributed by atoms with Gasteiger partial charge in [-0.2, -0.15) is 0 Å². The molecule has 6 rings (SSSR count). The number of methoxy groups -OCH3 is 1. The molecule has 3 aliphatic rings. The minimum atomic E-state index is -1.45. The standard InChI is InChI=1S/C50H73N5O11/c1-13-53(11)39-24-31(4)62-47(42(39)58)65-45-33(6)43(64-40(56)25-36-19-16-22-51-27-36)34(7)46(59)63-35(8)50(10)44(32(5)41(57)29(2)26-49(45,9)61-12)54(48(60)66-50)23-17-18-30(3)55-28-52-37-20-14-15-21-38(37)55/h14-16,19-22,27-35,39,42-45,47,58H,13,17-18,23-26H2,1-12H3/t29-,30?,31-,32+,33+,34-,35-,39+,42-,43+,44-,45-,47?,49-,50-/m1/s1. The summed E-state index contributed by atoms with van der Waals surface area (Å²) in [5.41, 5.74) is -0.206. The van der Waals surface area contributed by atoms with E-state index in [2.05, 4.69) is 21.5 Å². The molecule has 2 aromatic heterocycles. The fourth-order valence-electron chi connectivity index (χ4n) is 10.7. The lowest BCUT2D eigenvalue weighted by molar-refractivity contribution is -0.302. The number of nitrogens with zero attached hydrogens (tertiary/aromatic N) is 5. The number of hydrogen-bond acceptors (Lipinski definition) is 14. The van der Waals surface area contributed by atoms with E-state index in [1.165, 1.54) is 7.11 Å². The van der Waals surface area contributed by atoms with Gasteiger partial charge < -0.3 is 47.9 Å². The summed E-state index contributed by atoms with van der Waals surface area (Å²) < 4.78 is 40.6. The van der Waals surface area contributed by atoms with Gasteiger partial charge in [-0.1, -0.05) is 45.9 Å². The molecule has 16 heteroatoms. The number of aromatic nitrogens is 3. The highest BCUT2D eigenvalue weighted by atomic mass is 16.7. The van der Waals surface area contributed by atoms with Crippen molar-refractivity contribution in [2.45, 2.75) is 167 Å². The van der Waals surface area contributed by atoms with Gasteiger partial charge in [-0.15, -0.1) is 0 Å². The Morgan fingerprint density at radius 2 is 1.77 bits per heavy atom. The number of Topliss-reactive ketones (excluding diaryl/α,β-unsaturated/α-hetero) is 1. The van der Waals surface area contributed by atoms with Gasteiger partial charge in [-0.3, -0.25) is 19.4 Å². The van der Waals surface area contributed by atoms with E-state index in [0.29, 0.717) is 31.4 Å². The lowest BCUT2D eigenvalue weighted by Crippen LogP contribution is -2.61. The van der Waals surface area contributed by atoms with Gasteiger partial charge in [0.25, 0.3) is 0 Å². The highest BCUT2D eigenvalue weighted by Crippen LogP contribution is 2.43. The van der Waals surface area contributed by atoms with Crippen molar-refractivity contribution < 1.29 is 52.7 Å². The van der Waals surface area contributed by atoms with Crippen LogP contribution in [0.2, 0.25) is 0 Å². The Morgan fingerprint density at radius 3 is 2.45 bits per heavy atom. The van der Waals surface area contributed by atoms with E-state index in [1.807, 2.05) is 70.2 Å². The molecule has 364 valence electrons. The molecule has 1 N–H and O–H groups in total. The normalized spacial score (nSPS) is 35.2. The molecule has 16 nitrogen and oxygen atoms in total. The van der Waals surface area contributed by atoms with Crippen molar-refractivity contribution in [3.8, 4) is 0 Å². The van der Waals surface area contributed by atoms with Gasteiger partial charge in [0.2, 0.25) is 0 Å². The fraction of sp³-hybridized carbons (Fsp3) is 0.680. The number of esters is 2. The topological polar surface area (TPSA) is 181 Å². The number of carbonyl (C=O) groups excluding carboxylic acids is 4. The molecule has 66 heavy (non-hydrogen) atoms. The zero-order valence-electron chi connectivity index (χ0n) is 40.9. The number of hydrogen-bond donors (Lipinski definition) is 1. The van der Waals surface area contributed by atoms with Gasteiger partial charge in [-0.05, 0) is 105 Å². The first kappa shape index (κ1) is 50.9. The Morgan fingerprint density at radius 1 is 1.05 bits per heavy atom. The SMILES string of the molecule is CCN(C)[C@H]1C[C@@H](C)OC(O[C@@H]2[C@@H](C)[C@H](OC(=O)Cc3cccnc3)[C@@H](C)C(=O)O[C@H](C)[C@@]3(C)OC(=O)N(CCCC(C)n4cnc5ccccc54)[C@@H]3[C@@H](C)C(=O)[C@H](C)C[C@@]2(C)OC)[C@@H]1O. The molecule has 3 fully saturated rings. The van der Waals surface area contributed by atoms with Crippen molar-refractivity contribution in [1.29, 1.82) is 0 Å². The monoisotopic (exact) mass is 920 g/mol. The quantitative estimate of drug-likeness (QED) is 0.144. The van der Waals surface area contributed by atoms with Crippen molar-refractivity contribution in [3.63, 3.8) is 0 Å². The predicted octanol–water partition coefficient (Wildman–Crippen LogP) is 6.56. The number of ketones is 1. The summed E-state index contributed by atoms with van der Waals surface area (Å²) in [5, 5.41) is 11.9. The van der Waals surface area contributed by atoms with Crippen molar-refractivity contribution in [2.75, 3.05) is 27.2 Å². The average Bonchev–Trinajstić information content (AvgIpc) is 3.84. The minimum Gasteiger partial charge on any atom is -0.461 e. The lowest BCUT2D eigenvalue weighted by atomic mass is 9.73. The first-order valence-corrected chi connectivity index (χ1v) is 23.7. The number of aliphatic hydroxyl groups is 1. The Hall–Kier alpha value is -4.48. The third-order valence-corrected chi connectivity index (χ3v) is 14.9. The number of rotatable bonds is 13. The van der Waals surface area contributed by atoms with Crippen LogP contribution in [0, 0.1) is 23.7 Å². The summed E-state index contributed by atoms with van der Waals surface area (Å²) in [6.07, 6.45) is 0.533. The molecule has 0 bridgehead atoms. The highest BCUT2D eigenvalue weighted by molar-refractivity contribution is 5.85. The predicted molar refractivity (Wildman–Crippen MR) is 246 cm³/mol. The maximum absolute atomic E-state index is 15.0. The van der Waals surface area contributed by atoms with Crippen LogP contribution in [-0.4, -0.2) is 141 Å². The molecule has 0 radical (unpaired) electrons. The second-order valence-corrected chi connectivity index (χ2v) is 19.6. The molecular weight excluding hydrogens is 847 g/mol. The van der Waals surface area contributed by atoms with Gasteiger partial charge in [-0.25, -0.2) is 9.78 Å². The third-order valence-electron chi connectivity index (χ3n) is 14.9. The first-order chi connectivity index (χ1) is 31.2. The zero-order chi connectivity index (χ0) is 48.2. The summed E-state index contributed by atoms with van der Waals surface area (Å²) in [4.78, 5) is 69.9. The number of benzene rings is 1. The average molecular weight is 920 g/mol. The number of ether oxygens (including phenoxy) is 6. The molecule has 0 saturated carbocycles. The van der Waals surface area contributed by atoms with Crippen molar-refractivity contribution in [1.82, 2.24) is 24.3 Å². The van der Waals surface area contributed by atoms with Crippen LogP contribution in [0.1, 0.15) is 107 Å². The molecule has 0 aliphatic carbocycles. The lowest BCUT2D eigenvalue weighted by Gasteiger charge is -2.48. The molecular formula is C50H73N5O11. The van der Waals surface area contributed by atoms with Gasteiger partial charge in [0.15, 0.2) is 11.9 Å². The van der Waals surface area contributed by atoms with Gasteiger partial charge in [0.05, 0.1) is 53.6 Å². The Balaban J connectivity index is 1.36. The number of carbonyl (C=O) groups is 4. The highest BCUT2D eigenvalue weighted by Gasteiger charge is 2.60. The molecule has 3 saturated heterocycles. The van der Waals surface area contributed by atoms with Crippen LogP contribution in [0.3, 0.4) is 0 Å². The molecule has 0 spiro atoms. The third kappa shape index (κ3) is 10.6. The molecule has 15 atom stereocenters. The number of pyridine rings is 1. The number of likely N-dealkylation sites (N-methyl/N-ethyl adjacent to an activating group) is 1. The summed E-state index contributed by atoms with van der Waals surface area (Å²) in [5.74, 6) is -4.82. The van der Waals surface area contributed by atoms with E-state index in [0.717, 1.165) is 11.0 Å². The van der Waals surface area contributed by atoms with Crippen LogP contribution in [0.15, 0.2) is 55.1 Å². The number of imidazole rings is 1. The summed E-state index contributed by atoms with van der Waals surface area (Å²) in [7, 11) is 3.46. The first-order valence-electron chi connectivity index (χ1n) is 23.7. The number of cyclic esters (lactones) is 1. The van der Waals surface area contributed by atoms with E-state index in [1.54, 1.807) is 64.0 Å². The van der Waals surface area contributed by atoms with E-state index in [-0.39, 0.29) is 43.4 Å². The molecule has 3 aliphatic heterocycles. The largest absolute Gasteiger partial charge is 0.461 e. The summed E-state index contributed by atoms with van der Waals surface area (Å²) in [6.45, 7) is 19.3. The Kier molecular flexibility index (Phi) is 16.4. The van der Waals surface area contributed by atoms with Crippen LogP contribution in [0.4, 0.5) is 4.79 Å². The summed E-state index contributed by atoms with van der Waals surface area (Å²) >= 11 is 0. The van der Waals surface area contributed by atoms with Crippen LogP contribution in [0.5, 0.6) is 0 Å². The van der Waals surface area contributed by atoms with Crippen molar-refractivity contribution in [2.24, 2.45) is 23.7 Å². The molecule has 3 aromatic rings. The van der Waals surface area contributed by atoms with Crippen LogP contribution in [-0.2, 0) is 49.2 Å². The molecule has 5 heterocycles. The smallest absolute Gasteiger partial charge is 0.410 e. The number of para-hydroxylation sites is 2. The van der Waals surface area contributed by atoms with Crippen LogP contribution in [0.25, 0.3) is 11.0 Å². The molecule has 1 amide bonds. The Labute approximate surface area is 390 Å². The summed E-state index contributed by atoms with van der Waals surface area (Å²) in [6, 6.07) is 10.4. The van der Waals surface area contributed by atoms with E-state index < -0.39 is 89.7 Å². The maximum atomic E-state index is 15.0. The molecule has 2 unspecified atom stereocenters. The number of fused-ring (bicyclic) bond motifs is 2. The zero-order valence-corrected chi connectivity index (χ0v) is 40.9. The second kappa shape index (κ2) is 21.2. The second-order valence-electron chi connectivity index (χ2n) is 19.6. The van der Waals surface area contributed by atoms with Gasteiger partial charge >= 0.3 is 18.0 Å². The van der Waals surface area contributed by atoms with Crippen LogP contribution >= 0.6 is 0 Å². The van der Waals surface area contributed by atoms with Crippen molar-refractivity contribution in [3.05, 3.63) is 60.7 Å². The van der Waals surface area contributed by atoms with E-state index >= 15 is 0 Å². The Bertz CT molecular complexity index is 2140. The fourth-order valence-corrected chi connectivity index (χ4v) is 10.7. The van der Waals surface area contributed by atoms with Crippen molar-refractivity contribution >= 4 is 34.8 Å². The van der Waals surface area contributed by atoms with Gasteiger partial charge in [0.1, 0.15) is 24.1 Å². The molecule has 1 aromatic carbocycles. The van der Waals surface area contributed by atoms with Crippen LogP contribution < -0.4 is 0 Å². The number of aliphatic hydroxyl groups excluding tert-OH is 1. The van der Waals surface area contributed by atoms with E-state index in [9.17, 15) is 24.3 Å².